The minimum atomic E-state index is -1.05. The van der Waals surface area contributed by atoms with Crippen LogP contribution in [0.3, 0.4) is 0 Å². The van der Waals surface area contributed by atoms with Crippen molar-refractivity contribution in [1.82, 2.24) is 4.98 Å². The SMILES string of the molecule is Cc1ccccc1C(=O)c1sc2cc(O)ccc2c1-c1ccc(-c2nc(C(=O)O)cs2)cc1. The molecule has 5 aromatic rings. The molecule has 2 heterocycles. The van der Waals surface area contributed by atoms with E-state index in [9.17, 15) is 14.7 Å². The number of aromatic nitrogens is 1. The van der Waals surface area contributed by atoms with E-state index in [4.69, 9.17) is 5.11 Å². The standard InChI is InChI=1S/C26H17NO4S2/c1-14-4-2-3-5-18(14)23(29)24-22(19-11-10-17(28)12-21(19)33-24)15-6-8-16(9-7-15)25-27-20(13-32-25)26(30)31/h2-13,28H,1H3,(H,30,31). The number of phenols is 1. The summed E-state index contributed by atoms with van der Waals surface area (Å²) in [5.41, 5.74) is 4.06. The highest BCUT2D eigenvalue weighted by Gasteiger charge is 2.22. The summed E-state index contributed by atoms with van der Waals surface area (Å²) in [4.78, 5) is 29.5. The van der Waals surface area contributed by atoms with Crippen molar-refractivity contribution in [2.75, 3.05) is 0 Å². The van der Waals surface area contributed by atoms with E-state index >= 15 is 0 Å². The molecule has 7 heteroatoms. The van der Waals surface area contributed by atoms with Gasteiger partial charge in [0.1, 0.15) is 10.8 Å². The molecule has 0 aliphatic rings. The Balaban J connectivity index is 1.64. The fourth-order valence-corrected chi connectivity index (χ4v) is 5.78. The summed E-state index contributed by atoms with van der Waals surface area (Å²) in [7, 11) is 0. The van der Waals surface area contributed by atoms with Crippen LogP contribution in [0, 0.1) is 6.92 Å². The molecule has 0 saturated heterocycles. The molecule has 5 rings (SSSR count). The Labute approximate surface area is 197 Å². The van der Waals surface area contributed by atoms with Gasteiger partial charge in [0.2, 0.25) is 5.78 Å². The number of carboxylic acids is 1. The average Bonchev–Trinajstić information content (AvgIpc) is 3.44. The molecule has 0 amide bonds. The zero-order valence-corrected chi connectivity index (χ0v) is 19.0. The van der Waals surface area contributed by atoms with Crippen LogP contribution in [-0.4, -0.2) is 26.9 Å². The first-order chi connectivity index (χ1) is 15.9. The number of nitrogens with zero attached hydrogens (tertiary/aromatic N) is 1. The van der Waals surface area contributed by atoms with E-state index in [1.807, 2.05) is 61.5 Å². The number of phenolic OH excluding ortho intramolecular Hbond substituents is 1. The molecule has 5 nitrogen and oxygen atoms in total. The van der Waals surface area contributed by atoms with Crippen LogP contribution in [0.2, 0.25) is 0 Å². The molecule has 0 bridgehead atoms. The first kappa shape index (κ1) is 21.1. The molecule has 3 aromatic carbocycles. The first-order valence-electron chi connectivity index (χ1n) is 10.1. The molecular formula is C26H17NO4S2. The van der Waals surface area contributed by atoms with Gasteiger partial charge in [-0.2, -0.15) is 0 Å². The van der Waals surface area contributed by atoms with Gasteiger partial charge in [-0.1, -0.05) is 48.5 Å². The number of thiophene rings is 1. The van der Waals surface area contributed by atoms with E-state index in [0.29, 0.717) is 15.4 Å². The van der Waals surface area contributed by atoms with Crippen molar-refractivity contribution in [3.63, 3.8) is 0 Å². The van der Waals surface area contributed by atoms with Crippen molar-refractivity contribution in [3.8, 4) is 27.4 Å². The lowest BCUT2D eigenvalue weighted by Gasteiger charge is -2.08. The molecule has 0 atom stereocenters. The second kappa shape index (κ2) is 8.27. The van der Waals surface area contributed by atoms with Crippen LogP contribution in [0.1, 0.15) is 31.3 Å². The average molecular weight is 472 g/mol. The van der Waals surface area contributed by atoms with Gasteiger partial charge in [-0.3, -0.25) is 4.79 Å². The normalized spacial score (nSPS) is 11.1. The molecule has 0 spiro atoms. The molecule has 33 heavy (non-hydrogen) atoms. The van der Waals surface area contributed by atoms with E-state index in [1.54, 1.807) is 12.1 Å². The molecule has 0 aliphatic heterocycles. The summed E-state index contributed by atoms with van der Waals surface area (Å²) in [6.07, 6.45) is 0. The molecule has 0 fully saturated rings. The minimum Gasteiger partial charge on any atom is -0.508 e. The third-order valence-corrected chi connectivity index (χ3v) is 7.46. The highest BCUT2D eigenvalue weighted by atomic mass is 32.1. The summed E-state index contributed by atoms with van der Waals surface area (Å²) < 4.78 is 0.831. The van der Waals surface area contributed by atoms with Crippen molar-refractivity contribution >= 4 is 44.5 Å². The van der Waals surface area contributed by atoms with Crippen molar-refractivity contribution in [3.05, 3.63) is 93.8 Å². The predicted octanol–water partition coefficient (Wildman–Crippen LogP) is 6.64. The second-order valence-electron chi connectivity index (χ2n) is 7.55. The number of hydrogen-bond donors (Lipinski definition) is 2. The van der Waals surface area contributed by atoms with Gasteiger partial charge in [-0.15, -0.1) is 22.7 Å². The Morgan fingerprint density at radius 1 is 0.939 bits per heavy atom. The van der Waals surface area contributed by atoms with E-state index < -0.39 is 5.97 Å². The van der Waals surface area contributed by atoms with Gasteiger partial charge in [0.25, 0.3) is 0 Å². The number of ketones is 1. The van der Waals surface area contributed by atoms with Crippen molar-refractivity contribution in [2.45, 2.75) is 6.92 Å². The number of rotatable bonds is 5. The minimum absolute atomic E-state index is 0.0221. The van der Waals surface area contributed by atoms with Gasteiger partial charge >= 0.3 is 5.97 Å². The van der Waals surface area contributed by atoms with Gasteiger partial charge in [0.05, 0.1) is 4.88 Å². The van der Waals surface area contributed by atoms with Crippen LogP contribution < -0.4 is 0 Å². The molecule has 0 aliphatic carbocycles. The lowest BCUT2D eigenvalue weighted by molar-refractivity contribution is 0.0691. The number of aromatic hydroxyl groups is 1. The van der Waals surface area contributed by atoms with Gasteiger partial charge in [-0.25, -0.2) is 9.78 Å². The number of fused-ring (bicyclic) bond motifs is 1. The van der Waals surface area contributed by atoms with Crippen molar-refractivity contribution in [1.29, 1.82) is 0 Å². The Kier molecular flexibility index (Phi) is 5.28. The Morgan fingerprint density at radius 3 is 2.36 bits per heavy atom. The predicted molar refractivity (Wildman–Crippen MR) is 132 cm³/mol. The summed E-state index contributed by atoms with van der Waals surface area (Å²) in [5.74, 6) is -0.959. The number of thiazole rings is 1. The summed E-state index contributed by atoms with van der Waals surface area (Å²) in [6, 6.07) is 20.2. The number of aromatic carboxylic acids is 1. The van der Waals surface area contributed by atoms with E-state index in [1.165, 1.54) is 28.1 Å². The van der Waals surface area contributed by atoms with Gasteiger partial charge in [0, 0.05) is 32.2 Å². The van der Waals surface area contributed by atoms with Crippen molar-refractivity contribution < 1.29 is 19.8 Å². The van der Waals surface area contributed by atoms with Crippen LogP contribution in [0.5, 0.6) is 5.75 Å². The largest absolute Gasteiger partial charge is 0.508 e. The van der Waals surface area contributed by atoms with E-state index in [2.05, 4.69) is 4.98 Å². The zero-order chi connectivity index (χ0) is 23.1. The highest BCUT2D eigenvalue weighted by molar-refractivity contribution is 7.21. The fourth-order valence-electron chi connectivity index (χ4n) is 3.77. The lowest BCUT2D eigenvalue weighted by Crippen LogP contribution is -2.02. The third-order valence-electron chi connectivity index (χ3n) is 5.41. The molecule has 162 valence electrons. The van der Waals surface area contributed by atoms with Gasteiger partial charge in [-0.05, 0) is 36.2 Å². The summed E-state index contributed by atoms with van der Waals surface area (Å²) in [5, 5.41) is 22.1. The van der Waals surface area contributed by atoms with Crippen LogP contribution in [0.15, 0.2) is 72.1 Å². The zero-order valence-electron chi connectivity index (χ0n) is 17.4. The van der Waals surface area contributed by atoms with Gasteiger partial charge in [0.15, 0.2) is 5.69 Å². The Bertz CT molecular complexity index is 1530. The monoisotopic (exact) mass is 471 g/mol. The second-order valence-corrected chi connectivity index (χ2v) is 9.46. The van der Waals surface area contributed by atoms with Crippen LogP contribution >= 0.6 is 22.7 Å². The molecule has 0 radical (unpaired) electrons. The highest BCUT2D eigenvalue weighted by Crippen LogP contribution is 2.42. The summed E-state index contributed by atoms with van der Waals surface area (Å²) in [6.45, 7) is 1.92. The maximum atomic E-state index is 13.6. The number of carboxylic acid groups (broad SMARTS) is 1. The number of aryl methyl sites for hydroxylation is 1. The lowest BCUT2D eigenvalue weighted by atomic mass is 9.96. The third kappa shape index (κ3) is 3.82. The summed E-state index contributed by atoms with van der Waals surface area (Å²) >= 11 is 2.64. The Hall–Kier alpha value is -3.81. The molecule has 0 saturated carbocycles. The quantitative estimate of drug-likeness (QED) is 0.281. The van der Waals surface area contributed by atoms with E-state index in [-0.39, 0.29) is 17.2 Å². The molecule has 2 aromatic heterocycles. The number of carbonyl (C=O) groups is 2. The van der Waals surface area contributed by atoms with Crippen LogP contribution in [0.25, 0.3) is 31.8 Å². The fraction of sp³-hybridized carbons (Fsp3) is 0.0385. The maximum absolute atomic E-state index is 13.6. The van der Waals surface area contributed by atoms with Crippen LogP contribution in [-0.2, 0) is 0 Å². The van der Waals surface area contributed by atoms with Crippen LogP contribution in [0.4, 0.5) is 0 Å². The molecular weight excluding hydrogens is 454 g/mol. The topological polar surface area (TPSA) is 87.5 Å². The number of carbonyl (C=O) groups excluding carboxylic acids is 1. The Morgan fingerprint density at radius 2 is 1.67 bits per heavy atom. The number of hydrogen-bond acceptors (Lipinski definition) is 6. The molecule has 2 N–H and O–H groups in total. The maximum Gasteiger partial charge on any atom is 0.355 e. The number of benzene rings is 3. The first-order valence-corrected chi connectivity index (χ1v) is 11.8. The van der Waals surface area contributed by atoms with Crippen molar-refractivity contribution in [2.24, 2.45) is 0 Å². The molecule has 0 unspecified atom stereocenters. The van der Waals surface area contributed by atoms with E-state index in [0.717, 1.165) is 32.3 Å². The van der Waals surface area contributed by atoms with Gasteiger partial charge < -0.3 is 10.2 Å². The smallest absolute Gasteiger partial charge is 0.355 e.